The molecule has 0 amide bonds. The summed E-state index contributed by atoms with van der Waals surface area (Å²) in [5.74, 6) is 0.115. The van der Waals surface area contributed by atoms with Gasteiger partial charge in [-0.25, -0.2) is 4.39 Å². The second kappa shape index (κ2) is 6.14. The molecular formula is C17H19FN2O. The van der Waals surface area contributed by atoms with Crippen LogP contribution in [0, 0.1) is 5.82 Å². The van der Waals surface area contributed by atoms with Crippen molar-refractivity contribution >= 4 is 5.69 Å². The molecule has 1 aliphatic rings. The van der Waals surface area contributed by atoms with Crippen LogP contribution in [0.15, 0.2) is 48.5 Å². The van der Waals surface area contributed by atoms with Crippen molar-refractivity contribution < 1.29 is 9.50 Å². The number of hydrogen-bond donors (Lipinski definition) is 1. The van der Waals surface area contributed by atoms with Crippen molar-refractivity contribution in [1.82, 2.24) is 4.90 Å². The number of nitrogens with zero attached hydrogens (tertiary/aromatic N) is 2. The van der Waals surface area contributed by atoms with Crippen LogP contribution in [0.25, 0.3) is 0 Å². The molecule has 3 rings (SSSR count). The molecule has 0 radical (unpaired) electrons. The Hall–Kier alpha value is -2.07. The van der Waals surface area contributed by atoms with Crippen molar-refractivity contribution in [3.63, 3.8) is 0 Å². The zero-order valence-electron chi connectivity index (χ0n) is 11.9. The first-order valence-corrected chi connectivity index (χ1v) is 7.21. The third-order valence-corrected chi connectivity index (χ3v) is 3.91. The lowest BCUT2D eigenvalue weighted by atomic mass is 10.2. The molecular weight excluding hydrogens is 267 g/mol. The van der Waals surface area contributed by atoms with Crippen LogP contribution in [0.3, 0.4) is 0 Å². The van der Waals surface area contributed by atoms with E-state index in [1.54, 1.807) is 12.1 Å². The normalized spacial score (nSPS) is 16.1. The molecule has 21 heavy (non-hydrogen) atoms. The van der Waals surface area contributed by atoms with E-state index in [4.69, 9.17) is 0 Å². The quantitative estimate of drug-likeness (QED) is 0.940. The molecule has 0 bridgehead atoms. The number of benzene rings is 2. The van der Waals surface area contributed by atoms with Crippen LogP contribution in [0.1, 0.15) is 5.56 Å². The Bertz CT molecular complexity index is 575. The number of rotatable bonds is 3. The van der Waals surface area contributed by atoms with E-state index in [2.05, 4.69) is 9.80 Å². The van der Waals surface area contributed by atoms with Crippen LogP contribution in [-0.2, 0) is 6.54 Å². The highest BCUT2D eigenvalue weighted by atomic mass is 19.1. The highest BCUT2D eigenvalue weighted by Crippen LogP contribution is 2.20. The predicted octanol–water partition coefficient (Wildman–Crippen LogP) is 2.85. The van der Waals surface area contributed by atoms with E-state index in [1.807, 2.05) is 24.3 Å². The summed E-state index contributed by atoms with van der Waals surface area (Å²) in [6, 6.07) is 14.1. The monoisotopic (exact) mass is 286 g/mol. The molecule has 1 N–H and O–H groups in total. The standard InChI is InChI=1S/C17H19FN2O/c18-15-3-1-14(2-4-15)13-19-9-11-20(12-10-19)16-5-7-17(21)8-6-16/h1-8,21H,9-13H2. The summed E-state index contributed by atoms with van der Waals surface area (Å²) in [5.41, 5.74) is 2.30. The van der Waals surface area contributed by atoms with E-state index in [9.17, 15) is 9.50 Å². The molecule has 0 saturated carbocycles. The van der Waals surface area contributed by atoms with Gasteiger partial charge < -0.3 is 10.0 Å². The Morgan fingerprint density at radius 2 is 1.48 bits per heavy atom. The van der Waals surface area contributed by atoms with E-state index in [0.29, 0.717) is 5.75 Å². The van der Waals surface area contributed by atoms with Crippen molar-refractivity contribution in [3.05, 3.63) is 59.9 Å². The Morgan fingerprint density at radius 1 is 0.857 bits per heavy atom. The second-order valence-corrected chi connectivity index (χ2v) is 5.41. The second-order valence-electron chi connectivity index (χ2n) is 5.41. The molecule has 2 aromatic carbocycles. The average Bonchev–Trinajstić information content (AvgIpc) is 2.51. The molecule has 1 fully saturated rings. The largest absolute Gasteiger partial charge is 0.508 e. The lowest BCUT2D eigenvalue weighted by Gasteiger charge is -2.36. The number of aromatic hydroxyl groups is 1. The first-order valence-electron chi connectivity index (χ1n) is 7.21. The van der Waals surface area contributed by atoms with Gasteiger partial charge in [0.15, 0.2) is 0 Å². The number of phenols is 1. The van der Waals surface area contributed by atoms with Crippen molar-refractivity contribution in [1.29, 1.82) is 0 Å². The summed E-state index contributed by atoms with van der Waals surface area (Å²) in [4.78, 5) is 4.70. The van der Waals surface area contributed by atoms with Gasteiger partial charge in [0.1, 0.15) is 11.6 Å². The van der Waals surface area contributed by atoms with Crippen molar-refractivity contribution in [2.75, 3.05) is 31.1 Å². The maximum atomic E-state index is 12.9. The van der Waals surface area contributed by atoms with Crippen LogP contribution in [0.5, 0.6) is 5.75 Å². The highest BCUT2D eigenvalue weighted by Gasteiger charge is 2.17. The molecule has 0 aliphatic carbocycles. The van der Waals surface area contributed by atoms with Crippen LogP contribution in [0.4, 0.5) is 10.1 Å². The zero-order valence-corrected chi connectivity index (χ0v) is 11.9. The highest BCUT2D eigenvalue weighted by molar-refractivity contribution is 5.49. The Morgan fingerprint density at radius 3 is 2.10 bits per heavy atom. The van der Waals surface area contributed by atoms with Crippen LogP contribution in [-0.4, -0.2) is 36.2 Å². The van der Waals surface area contributed by atoms with Crippen molar-refractivity contribution in [2.45, 2.75) is 6.54 Å². The molecule has 1 saturated heterocycles. The number of hydrogen-bond acceptors (Lipinski definition) is 3. The van der Waals surface area contributed by atoms with Gasteiger partial charge in [0.2, 0.25) is 0 Å². The molecule has 0 spiro atoms. The Balaban J connectivity index is 1.55. The van der Waals surface area contributed by atoms with E-state index in [1.165, 1.54) is 12.1 Å². The summed E-state index contributed by atoms with van der Waals surface area (Å²) in [7, 11) is 0. The fourth-order valence-electron chi connectivity index (χ4n) is 2.68. The Labute approximate surface area is 124 Å². The third-order valence-electron chi connectivity index (χ3n) is 3.91. The summed E-state index contributed by atoms with van der Waals surface area (Å²) in [5, 5.41) is 9.33. The van der Waals surface area contributed by atoms with Gasteiger partial charge in [0.25, 0.3) is 0 Å². The maximum Gasteiger partial charge on any atom is 0.123 e. The minimum Gasteiger partial charge on any atom is -0.508 e. The van der Waals surface area contributed by atoms with Crippen molar-refractivity contribution in [2.24, 2.45) is 0 Å². The molecule has 4 heteroatoms. The van der Waals surface area contributed by atoms with Gasteiger partial charge in [-0.3, -0.25) is 4.90 Å². The number of anilines is 1. The molecule has 1 aliphatic heterocycles. The molecule has 110 valence electrons. The van der Waals surface area contributed by atoms with Gasteiger partial charge in [0, 0.05) is 38.4 Å². The molecule has 2 aromatic rings. The zero-order chi connectivity index (χ0) is 14.7. The van der Waals surface area contributed by atoms with E-state index in [0.717, 1.165) is 44.0 Å². The van der Waals surface area contributed by atoms with Crippen molar-refractivity contribution in [3.8, 4) is 5.75 Å². The summed E-state index contributed by atoms with van der Waals surface area (Å²) in [6.45, 7) is 4.76. The molecule has 3 nitrogen and oxygen atoms in total. The fourth-order valence-corrected chi connectivity index (χ4v) is 2.68. The maximum absolute atomic E-state index is 12.9. The number of piperazine rings is 1. The smallest absolute Gasteiger partial charge is 0.123 e. The fraction of sp³-hybridized carbons (Fsp3) is 0.294. The topological polar surface area (TPSA) is 26.7 Å². The molecule has 0 aromatic heterocycles. The first-order chi connectivity index (χ1) is 10.2. The van der Waals surface area contributed by atoms with Crippen LogP contribution in [0.2, 0.25) is 0 Å². The van der Waals surface area contributed by atoms with Gasteiger partial charge in [-0.15, -0.1) is 0 Å². The number of halogens is 1. The van der Waals surface area contributed by atoms with Crippen LogP contribution >= 0.6 is 0 Å². The minimum atomic E-state index is -0.184. The third kappa shape index (κ3) is 3.52. The minimum absolute atomic E-state index is 0.184. The molecule has 1 heterocycles. The molecule has 0 atom stereocenters. The lowest BCUT2D eigenvalue weighted by Crippen LogP contribution is -2.45. The van der Waals surface area contributed by atoms with Gasteiger partial charge in [0.05, 0.1) is 0 Å². The first kappa shape index (κ1) is 13.9. The summed E-state index contributed by atoms with van der Waals surface area (Å²) in [6.07, 6.45) is 0. The van der Waals surface area contributed by atoms with E-state index in [-0.39, 0.29) is 5.82 Å². The van der Waals surface area contributed by atoms with Gasteiger partial charge >= 0.3 is 0 Å². The van der Waals surface area contributed by atoms with Gasteiger partial charge in [-0.1, -0.05) is 12.1 Å². The summed E-state index contributed by atoms with van der Waals surface area (Å²) >= 11 is 0. The summed E-state index contributed by atoms with van der Waals surface area (Å²) < 4.78 is 12.9. The van der Waals surface area contributed by atoms with E-state index < -0.39 is 0 Å². The number of phenolic OH excluding ortho intramolecular Hbond substituents is 1. The molecule has 0 unspecified atom stereocenters. The SMILES string of the molecule is Oc1ccc(N2CCN(Cc3ccc(F)cc3)CC2)cc1. The Kier molecular flexibility index (Phi) is 4.06. The predicted molar refractivity (Wildman–Crippen MR) is 82.0 cm³/mol. The van der Waals surface area contributed by atoms with Gasteiger partial charge in [-0.2, -0.15) is 0 Å². The van der Waals surface area contributed by atoms with E-state index >= 15 is 0 Å². The average molecular weight is 286 g/mol. The van der Waals surface area contributed by atoms with Gasteiger partial charge in [-0.05, 0) is 42.0 Å². The lowest BCUT2D eigenvalue weighted by molar-refractivity contribution is 0.250. The van der Waals surface area contributed by atoms with Crippen LogP contribution < -0.4 is 4.90 Å².